The highest BCUT2D eigenvalue weighted by atomic mass is 19.1. The molecule has 0 radical (unpaired) electrons. The summed E-state index contributed by atoms with van der Waals surface area (Å²) in [5.74, 6) is -0.0110. The largest absolute Gasteiger partial charge is 0.212 e. The van der Waals surface area contributed by atoms with E-state index in [1.807, 2.05) is 12.1 Å². The number of hydrogen-bond donors (Lipinski definition) is 0. The molecule has 0 bridgehead atoms. The number of allylic oxidation sites excluding steroid dienone is 4. The molecule has 0 N–H and O–H groups in total. The summed E-state index contributed by atoms with van der Waals surface area (Å²) in [5, 5.41) is 0. The fraction of sp³-hybridized carbons (Fsp3) is 0.231. The molecule has 0 atom stereocenters. The monoisotopic (exact) mass is 188 g/mol. The first-order valence-electron chi connectivity index (χ1n) is 4.89. The van der Waals surface area contributed by atoms with Crippen LogP contribution in [-0.2, 0) is 0 Å². The minimum absolute atomic E-state index is 0.0110. The molecule has 0 saturated heterocycles. The average Bonchev–Trinajstić information content (AvgIpc) is 2.19. The Balaban J connectivity index is 2.32. The van der Waals surface area contributed by atoms with Crippen molar-refractivity contribution in [2.75, 3.05) is 0 Å². The second kappa shape index (κ2) is 3.79. The van der Waals surface area contributed by atoms with Crippen molar-refractivity contribution in [2.45, 2.75) is 19.8 Å². The summed E-state index contributed by atoms with van der Waals surface area (Å²) in [6.45, 7) is 2.05. The topological polar surface area (TPSA) is 0 Å². The number of hydrogen-bond acceptors (Lipinski definition) is 0. The van der Waals surface area contributed by atoms with E-state index in [2.05, 4.69) is 25.1 Å². The lowest BCUT2D eigenvalue weighted by Crippen LogP contribution is -1.89. The van der Waals surface area contributed by atoms with Gasteiger partial charge in [-0.25, -0.2) is 4.39 Å². The molecule has 0 amide bonds. The van der Waals surface area contributed by atoms with Gasteiger partial charge in [0.05, 0.1) is 0 Å². The van der Waals surface area contributed by atoms with Gasteiger partial charge in [-0.15, -0.1) is 0 Å². The fourth-order valence-corrected chi connectivity index (χ4v) is 1.61. The smallest absolute Gasteiger partial charge is 0.101 e. The zero-order valence-electron chi connectivity index (χ0n) is 8.26. The van der Waals surface area contributed by atoms with Crippen molar-refractivity contribution in [3.8, 4) is 0 Å². The quantitative estimate of drug-likeness (QED) is 0.624. The third kappa shape index (κ3) is 1.92. The Bertz CT molecular complexity index is 382. The lowest BCUT2D eigenvalue weighted by Gasteiger charge is -2.08. The van der Waals surface area contributed by atoms with Gasteiger partial charge in [0, 0.05) is 6.42 Å². The van der Waals surface area contributed by atoms with E-state index in [4.69, 9.17) is 0 Å². The Labute approximate surface area is 83.8 Å². The first-order chi connectivity index (χ1) is 6.75. The van der Waals surface area contributed by atoms with Gasteiger partial charge in [0.1, 0.15) is 5.83 Å². The predicted molar refractivity (Wildman–Crippen MR) is 57.6 cm³/mol. The highest BCUT2D eigenvalue weighted by molar-refractivity contribution is 5.75. The SMILES string of the molecule is Cc1ccc(C2=CCCC(F)=C2)cc1. The molecule has 1 aromatic rings. The summed E-state index contributed by atoms with van der Waals surface area (Å²) in [4.78, 5) is 0. The molecule has 1 heteroatoms. The lowest BCUT2D eigenvalue weighted by atomic mass is 9.98. The maximum absolute atomic E-state index is 13.0. The van der Waals surface area contributed by atoms with Gasteiger partial charge in [-0.1, -0.05) is 35.9 Å². The molecule has 0 fully saturated rings. The summed E-state index contributed by atoms with van der Waals surface area (Å²) in [6.07, 6.45) is 5.09. The molecule has 0 saturated carbocycles. The van der Waals surface area contributed by atoms with Crippen LogP contribution in [0.25, 0.3) is 5.57 Å². The minimum Gasteiger partial charge on any atom is -0.212 e. The maximum Gasteiger partial charge on any atom is 0.101 e. The second-order valence-electron chi connectivity index (χ2n) is 3.66. The van der Waals surface area contributed by atoms with Crippen LogP contribution in [0.4, 0.5) is 4.39 Å². The Hall–Kier alpha value is -1.37. The van der Waals surface area contributed by atoms with Crippen LogP contribution in [0.3, 0.4) is 0 Å². The molecule has 0 aliphatic heterocycles. The summed E-state index contributed by atoms with van der Waals surface area (Å²) in [7, 11) is 0. The Morgan fingerprint density at radius 2 is 1.86 bits per heavy atom. The van der Waals surface area contributed by atoms with Crippen molar-refractivity contribution in [3.63, 3.8) is 0 Å². The molecule has 14 heavy (non-hydrogen) atoms. The minimum atomic E-state index is -0.0110. The van der Waals surface area contributed by atoms with Gasteiger partial charge in [0.2, 0.25) is 0 Å². The molecule has 2 rings (SSSR count). The molecular formula is C13H13F. The van der Waals surface area contributed by atoms with E-state index in [-0.39, 0.29) is 5.83 Å². The van der Waals surface area contributed by atoms with E-state index in [1.54, 1.807) is 6.08 Å². The van der Waals surface area contributed by atoms with Gasteiger partial charge >= 0.3 is 0 Å². The molecule has 0 unspecified atom stereocenters. The molecular weight excluding hydrogens is 175 g/mol. The van der Waals surface area contributed by atoms with E-state index >= 15 is 0 Å². The Morgan fingerprint density at radius 3 is 2.50 bits per heavy atom. The molecule has 0 aromatic heterocycles. The number of aryl methyl sites for hydroxylation is 1. The molecule has 0 heterocycles. The molecule has 0 nitrogen and oxygen atoms in total. The fourth-order valence-electron chi connectivity index (χ4n) is 1.61. The van der Waals surface area contributed by atoms with E-state index in [0.717, 1.165) is 17.6 Å². The van der Waals surface area contributed by atoms with Crippen LogP contribution in [0.15, 0.2) is 42.2 Å². The third-order valence-corrected chi connectivity index (χ3v) is 2.44. The van der Waals surface area contributed by atoms with Gasteiger partial charge in [-0.05, 0) is 30.6 Å². The highest BCUT2D eigenvalue weighted by Crippen LogP contribution is 2.25. The van der Waals surface area contributed by atoms with E-state index in [0.29, 0.717) is 6.42 Å². The average molecular weight is 188 g/mol. The van der Waals surface area contributed by atoms with Crippen LogP contribution < -0.4 is 0 Å². The molecule has 0 spiro atoms. The summed E-state index contributed by atoms with van der Waals surface area (Å²) in [6, 6.07) is 8.18. The van der Waals surface area contributed by atoms with Crippen molar-refractivity contribution >= 4 is 5.57 Å². The second-order valence-corrected chi connectivity index (χ2v) is 3.66. The first kappa shape index (κ1) is 9.20. The van der Waals surface area contributed by atoms with Crippen molar-refractivity contribution in [2.24, 2.45) is 0 Å². The number of halogens is 1. The Kier molecular flexibility index (Phi) is 2.49. The zero-order valence-corrected chi connectivity index (χ0v) is 8.26. The molecule has 1 aliphatic carbocycles. The first-order valence-corrected chi connectivity index (χ1v) is 4.89. The molecule has 72 valence electrons. The van der Waals surface area contributed by atoms with Crippen LogP contribution in [0.1, 0.15) is 24.0 Å². The van der Waals surface area contributed by atoms with Crippen LogP contribution in [0, 0.1) is 6.92 Å². The van der Waals surface area contributed by atoms with E-state index in [9.17, 15) is 4.39 Å². The lowest BCUT2D eigenvalue weighted by molar-refractivity contribution is 0.589. The van der Waals surface area contributed by atoms with Crippen molar-refractivity contribution in [1.82, 2.24) is 0 Å². The van der Waals surface area contributed by atoms with E-state index < -0.39 is 0 Å². The number of rotatable bonds is 1. The van der Waals surface area contributed by atoms with Gasteiger partial charge < -0.3 is 0 Å². The standard InChI is InChI=1S/C13H13F/c1-10-5-7-11(8-6-10)12-3-2-4-13(14)9-12/h3,5-9H,2,4H2,1H3. The normalized spacial score (nSPS) is 16.1. The van der Waals surface area contributed by atoms with Crippen molar-refractivity contribution < 1.29 is 4.39 Å². The van der Waals surface area contributed by atoms with Crippen molar-refractivity contribution in [1.29, 1.82) is 0 Å². The van der Waals surface area contributed by atoms with Crippen LogP contribution in [0.2, 0.25) is 0 Å². The van der Waals surface area contributed by atoms with Gasteiger partial charge in [0.25, 0.3) is 0 Å². The van der Waals surface area contributed by atoms with Crippen LogP contribution >= 0.6 is 0 Å². The highest BCUT2D eigenvalue weighted by Gasteiger charge is 2.05. The van der Waals surface area contributed by atoms with Crippen molar-refractivity contribution in [3.05, 3.63) is 53.4 Å². The van der Waals surface area contributed by atoms with E-state index in [1.165, 1.54) is 5.56 Å². The number of benzene rings is 1. The molecule has 1 aromatic carbocycles. The summed E-state index contributed by atoms with van der Waals surface area (Å²) >= 11 is 0. The maximum atomic E-state index is 13.0. The Morgan fingerprint density at radius 1 is 1.14 bits per heavy atom. The molecule has 1 aliphatic rings. The van der Waals surface area contributed by atoms with Gasteiger partial charge in [-0.3, -0.25) is 0 Å². The summed E-state index contributed by atoms with van der Waals surface area (Å²) < 4.78 is 13.0. The summed E-state index contributed by atoms with van der Waals surface area (Å²) in [5.41, 5.74) is 3.34. The van der Waals surface area contributed by atoms with Crippen LogP contribution in [-0.4, -0.2) is 0 Å². The third-order valence-electron chi connectivity index (χ3n) is 2.44. The van der Waals surface area contributed by atoms with Crippen LogP contribution in [0.5, 0.6) is 0 Å². The van der Waals surface area contributed by atoms with Gasteiger partial charge in [0.15, 0.2) is 0 Å². The predicted octanol–water partition coefficient (Wildman–Crippen LogP) is 4.03. The zero-order chi connectivity index (χ0) is 9.97. The van der Waals surface area contributed by atoms with Gasteiger partial charge in [-0.2, -0.15) is 0 Å².